The summed E-state index contributed by atoms with van der Waals surface area (Å²) in [5.74, 6) is 1.36. The Labute approximate surface area is 189 Å². The Hall–Kier alpha value is 0.590. The molecule has 4 nitrogen and oxygen atoms in total. The highest BCUT2D eigenvalue weighted by atomic mass is 127. The number of hydrogen-bond donors (Lipinski definition) is 2. The highest BCUT2D eigenvalue weighted by Gasteiger charge is 2.18. The lowest BCUT2D eigenvalue weighted by molar-refractivity contribution is -0.121. The lowest BCUT2D eigenvalue weighted by atomic mass is 10.1. The third-order valence-electron chi connectivity index (χ3n) is 2.96. The molecule has 0 fully saturated rings. The molecule has 0 saturated heterocycles. The fraction of sp³-hybridized carbons (Fsp3) is 0.133. The van der Waals surface area contributed by atoms with Gasteiger partial charge in [-0.3, -0.25) is 4.79 Å². The van der Waals surface area contributed by atoms with Crippen molar-refractivity contribution < 1.29 is 9.53 Å². The molecule has 0 heterocycles. The van der Waals surface area contributed by atoms with Gasteiger partial charge in [0.15, 0.2) is 5.75 Å². The third-order valence-corrected chi connectivity index (χ3v) is 5.81. The zero-order chi connectivity index (χ0) is 17.1. The fourth-order valence-corrected chi connectivity index (χ4v) is 5.79. The number of amides is 1. The van der Waals surface area contributed by atoms with Gasteiger partial charge in [-0.05, 0) is 126 Å². The Morgan fingerprint density at radius 1 is 1.04 bits per heavy atom. The first-order valence-corrected chi connectivity index (χ1v) is 10.7. The average molecular weight is 760 g/mol. The molecule has 0 radical (unpaired) electrons. The predicted octanol–water partition coefficient (Wildman–Crippen LogP) is 4.64. The van der Waals surface area contributed by atoms with E-state index >= 15 is 0 Å². The molecule has 1 atom stereocenters. The summed E-state index contributed by atoms with van der Waals surface area (Å²) in [6, 6.07) is 9.14. The second-order valence-electron chi connectivity index (χ2n) is 4.61. The van der Waals surface area contributed by atoms with Gasteiger partial charge in [0.1, 0.15) is 11.8 Å². The van der Waals surface area contributed by atoms with Gasteiger partial charge in [-0.15, -0.1) is 0 Å². The van der Waals surface area contributed by atoms with Gasteiger partial charge < -0.3 is 15.8 Å². The van der Waals surface area contributed by atoms with E-state index in [-0.39, 0.29) is 5.91 Å². The second kappa shape index (κ2) is 8.80. The zero-order valence-electron chi connectivity index (χ0n) is 11.9. The van der Waals surface area contributed by atoms with Crippen LogP contribution in [-0.4, -0.2) is 13.0 Å². The smallest absolute Gasteiger partial charge is 0.241 e. The van der Waals surface area contributed by atoms with Crippen molar-refractivity contribution in [2.75, 3.05) is 7.05 Å². The molecule has 3 N–H and O–H groups in total. The van der Waals surface area contributed by atoms with Crippen molar-refractivity contribution in [2.45, 2.75) is 6.04 Å². The molecule has 23 heavy (non-hydrogen) atoms. The summed E-state index contributed by atoms with van der Waals surface area (Å²) in [5, 5.41) is 2.57. The van der Waals surface area contributed by atoms with Gasteiger partial charge in [-0.1, -0.05) is 0 Å². The Morgan fingerprint density at radius 3 is 2.04 bits per heavy atom. The van der Waals surface area contributed by atoms with Crippen LogP contribution in [0.25, 0.3) is 0 Å². The van der Waals surface area contributed by atoms with E-state index in [4.69, 9.17) is 10.5 Å². The first kappa shape index (κ1) is 19.9. The lowest BCUT2D eigenvalue weighted by Gasteiger charge is -2.15. The summed E-state index contributed by atoms with van der Waals surface area (Å²) >= 11 is 8.94. The van der Waals surface area contributed by atoms with Gasteiger partial charge in [-0.2, -0.15) is 0 Å². The van der Waals surface area contributed by atoms with E-state index in [0.717, 1.165) is 31.3 Å². The predicted molar refractivity (Wildman–Crippen MR) is 125 cm³/mol. The minimum atomic E-state index is -0.685. The minimum Gasteiger partial charge on any atom is -0.455 e. The van der Waals surface area contributed by atoms with Gasteiger partial charge in [0.2, 0.25) is 5.91 Å². The monoisotopic (exact) mass is 760 g/mol. The first-order chi connectivity index (χ1) is 10.8. The highest BCUT2D eigenvalue weighted by molar-refractivity contribution is 14.1. The van der Waals surface area contributed by atoms with Crippen molar-refractivity contribution in [3.63, 3.8) is 0 Å². The Morgan fingerprint density at radius 2 is 1.57 bits per heavy atom. The van der Waals surface area contributed by atoms with Crippen LogP contribution < -0.4 is 15.8 Å². The van der Waals surface area contributed by atoms with Gasteiger partial charge in [-0.25, -0.2) is 0 Å². The molecule has 2 rings (SSSR count). The van der Waals surface area contributed by atoms with Gasteiger partial charge in [0, 0.05) is 14.2 Å². The number of benzene rings is 2. The number of nitrogens with one attached hydrogen (secondary N) is 1. The number of ether oxygens (including phenoxy) is 1. The van der Waals surface area contributed by atoms with Crippen LogP contribution in [0, 0.1) is 14.3 Å². The van der Waals surface area contributed by atoms with Crippen LogP contribution in [0.1, 0.15) is 11.6 Å². The van der Waals surface area contributed by atoms with Crippen molar-refractivity contribution in [1.82, 2.24) is 5.32 Å². The quantitative estimate of drug-likeness (QED) is 0.447. The Bertz CT molecular complexity index is 709. The molecular weight excluding hydrogens is 748 g/mol. The van der Waals surface area contributed by atoms with Crippen molar-refractivity contribution in [1.29, 1.82) is 0 Å². The summed E-state index contributed by atoms with van der Waals surface area (Å²) in [6.45, 7) is 0. The topological polar surface area (TPSA) is 64.4 Å². The van der Waals surface area contributed by atoms with E-state index in [1.807, 2.05) is 24.3 Å². The normalized spacial score (nSPS) is 11.9. The molecule has 1 unspecified atom stereocenters. The maximum Gasteiger partial charge on any atom is 0.241 e. The molecule has 0 aliphatic carbocycles. The largest absolute Gasteiger partial charge is 0.455 e. The SMILES string of the molecule is CNC(=O)C(N)c1cc(I)c(Oc2cc(I)cc(I)c2)c(I)c1. The average Bonchev–Trinajstić information content (AvgIpc) is 2.48. The standard InChI is InChI=1S/C15H12I4N2O2/c1-21-15(22)13(20)7-2-11(18)14(12(19)3-7)23-10-5-8(16)4-9(17)6-10/h2-6,13H,20H2,1H3,(H,21,22). The number of carbonyl (C=O) groups is 1. The van der Waals surface area contributed by atoms with Crippen LogP contribution in [0.2, 0.25) is 0 Å². The molecule has 0 spiro atoms. The molecule has 0 aromatic heterocycles. The molecule has 0 bridgehead atoms. The molecule has 0 aliphatic heterocycles. The van der Waals surface area contributed by atoms with E-state index < -0.39 is 6.04 Å². The highest BCUT2D eigenvalue weighted by Crippen LogP contribution is 2.35. The minimum absolute atomic E-state index is 0.211. The molecular formula is C15H12I4N2O2. The molecule has 8 heteroatoms. The Balaban J connectivity index is 2.35. The maximum atomic E-state index is 11.7. The number of halogens is 4. The summed E-state index contributed by atoms with van der Waals surface area (Å²) in [4.78, 5) is 11.7. The lowest BCUT2D eigenvalue weighted by Crippen LogP contribution is -2.31. The molecule has 122 valence electrons. The van der Waals surface area contributed by atoms with Crippen LogP contribution in [0.4, 0.5) is 0 Å². The summed E-state index contributed by atoms with van der Waals surface area (Å²) in [5.41, 5.74) is 6.73. The molecule has 2 aromatic carbocycles. The van der Waals surface area contributed by atoms with Crippen LogP contribution in [0.3, 0.4) is 0 Å². The number of likely N-dealkylation sites (N-methyl/N-ethyl adjacent to an activating group) is 1. The van der Waals surface area contributed by atoms with Crippen molar-refractivity contribution in [2.24, 2.45) is 5.73 Å². The van der Waals surface area contributed by atoms with E-state index in [2.05, 4.69) is 102 Å². The van der Waals surface area contributed by atoms with Crippen molar-refractivity contribution >= 4 is 96.3 Å². The van der Waals surface area contributed by atoms with Crippen LogP contribution in [0.15, 0.2) is 30.3 Å². The summed E-state index contributed by atoms with van der Waals surface area (Å²) < 4.78 is 10.1. The maximum absolute atomic E-state index is 11.7. The third kappa shape index (κ3) is 5.28. The van der Waals surface area contributed by atoms with Crippen molar-refractivity contribution in [3.8, 4) is 11.5 Å². The van der Waals surface area contributed by atoms with Crippen LogP contribution >= 0.6 is 90.4 Å². The van der Waals surface area contributed by atoms with E-state index in [1.54, 1.807) is 7.05 Å². The zero-order valence-corrected chi connectivity index (χ0v) is 20.5. The van der Waals surface area contributed by atoms with Crippen LogP contribution in [0.5, 0.6) is 11.5 Å². The fourth-order valence-electron chi connectivity index (χ4n) is 1.87. The van der Waals surface area contributed by atoms with Gasteiger partial charge >= 0.3 is 0 Å². The Kier molecular flexibility index (Phi) is 7.62. The number of rotatable bonds is 4. The number of hydrogen-bond acceptors (Lipinski definition) is 3. The van der Waals surface area contributed by atoms with E-state index in [1.165, 1.54) is 0 Å². The van der Waals surface area contributed by atoms with Crippen molar-refractivity contribution in [3.05, 3.63) is 50.2 Å². The van der Waals surface area contributed by atoms with Crippen LogP contribution in [-0.2, 0) is 4.79 Å². The summed E-state index contributed by atoms with van der Waals surface area (Å²) in [6.07, 6.45) is 0. The number of nitrogens with two attached hydrogens (primary N) is 1. The van der Waals surface area contributed by atoms with Gasteiger partial charge in [0.25, 0.3) is 0 Å². The molecule has 1 amide bonds. The van der Waals surface area contributed by atoms with E-state index in [9.17, 15) is 4.79 Å². The molecule has 0 aliphatic rings. The molecule has 0 saturated carbocycles. The second-order valence-corrected chi connectivity index (χ2v) is 9.43. The van der Waals surface area contributed by atoms with Gasteiger partial charge in [0.05, 0.1) is 7.14 Å². The van der Waals surface area contributed by atoms with E-state index in [0.29, 0.717) is 0 Å². The first-order valence-electron chi connectivity index (χ1n) is 6.42. The number of carbonyl (C=O) groups excluding carboxylic acids is 1. The summed E-state index contributed by atoms with van der Waals surface area (Å²) in [7, 11) is 1.58. The molecule has 2 aromatic rings.